The maximum absolute atomic E-state index is 14.2. The van der Waals surface area contributed by atoms with Crippen molar-refractivity contribution in [2.45, 2.75) is 121 Å². The highest BCUT2D eigenvalue weighted by atomic mass is 16.7. The molecule has 0 radical (unpaired) electrons. The number of aromatic nitrogens is 2. The average molecular weight is 592 g/mol. The van der Waals surface area contributed by atoms with Crippen molar-refractivity contribution in [3.05, 3.63) is 40.3 Å². The summed E-state index contributed by atoms with van der Waals surface area (Å²) in [5, 5.41) is 3.83. The number of carbonyl (C=O) groups is 2. The zero-order valence-electron chi connectivity index (χ0n) is 25.7. The number of oxime groups is 1. The SMILES string of the molecule is CC(C)(C)OC(=O)CON=C(C(N)=O)c1nc2ccccc2n(C2C[C@H]3CCC[C@@H](C2)N3C2CC3CCCC(C3)C2)c1=O. The Hall–Kier alpha value is -3.27. The van der Waals surface area contributed by atoms with Crippen molar-refractivity contribution in [2.75, 3.05) is 6.61 Å². The van der Waals surface area contributed by atoms with Crippen LogP contribution in [0.25, 0.3) is 11.0 Å². The van der Waals surface area contributed by atoms with Crippen LogP contribution in [0.15, 0.2) is 34.2 Å². The summed E-state index contributed by atoms with van der Waals surface area (Å²) in [5.74, 6) is 0.137. The first-order valence-corrected chi connectivity index (χ1v) is 16.1. The van der Waals surface area contributed by atoms with Crippen LogP contribution in [0.2, 0.25) is 0 Å². The van der Waals surface area contributed by atoms with Crippen LogP contribution in [-0.2, 0) is 19.2 Å². The van der Waals surface area contributed by atoms with Gasteiger partial charge in [-0.1, -0.05) is 43.0 Å². The Balaban J connectivity index is 1.30. The van der Waals surface area contributed by atoms with E-state index in [-0.39, 0.29) is 11.7 Å². The highest BCUT2D eigenvalue weighted by molar-refractivity contribution is 6.44. The Morgan fingerprint density at radius 1 is 0.930 bits per heavy atom. The number of hydrogen-bond donors (Lipinski definition) is 1. The van der Waals surface area contributed by atoms with Crippen LogP contribution in [0, 0.1) is 11.8 Å². The molecule has 4 aliphatic rings. The summed E-state index contributed by atoms with van der Waals surface area (Å²) >= 11 is 0. The number of piperidine rings is 2. The van der Waals surface area contributed by atoms with Gasteiger partial charge < -0.3 is 19.9 Å². The van der Waals surface area contributed by atoms with Gasteiger partial charge in [0.2, 0.25) is 6.61 Å². The van der Waals surface area contributed by atoms with Gasteiger partial charge in [-0.15, -0.1) is 0 Å². The Kier molecular flexibility index (Phi) is 8.33. The number of nitrogens with two attached hydrogens (primary N) is 1. The Morgan fingerprint density at radius 3 is 2.23 bits per heavy atom. The number of nitrogens with zero attached hydrogens (tertiary/aromatic N) is 4. The maximum Gasteiger partial charge on any atom is 0.347 e. The van der Waals surface area contributed by atoms with Gasteiger partial charge in [0, 0.05) is 24.2 Å². The van der Waals surface area contributed by atoms with Crippen LogP contribution in [0.5, 0.6) is 0 Å². The van der Waals surface area contributed by atoms with E-state index < -0.39 is 35.4 Å². The van der Waals surface area contributed by atoms with Crippen molar-refractivity contribution >= 4 is 28.6 Å². The minimum Gasteiger partial charge on any atom is -0.457 e. The molecule has 43 heavy (non-hydrogen) atoms. The molecule has 3 heterocycles. The molecule has 3 unspecified atom stereocenters. The van der Waals surface area contributed by atoms with Crippen molar-refractivity contribution in [1.29, 1.82) is 0 Å². The van der Waals surface area contributed by atoms with Gasteiger partial charge in [-0.25, -0.2) is 9.78 Å². The molecule has 2 N–H and O–H groups in total. The summed E-state index contributed by atoms with van der Waals surface area (Å²) in [4.78, 5) is 51.4. The first-order chi connectivity index (χ1) is 20.6. The van der Waals surface area contributed by atoms with Crippen molar-refractivity contribution in [1.82, 2.24) is 14.5 Å². The standard InChI is InChI=1S/C33H45N5O5/c1-33(2,3)43-28(39)19-42-36-29(31(34)40)30-32(41)38(27-13-5-4-12-26(27)35-30)25-17-22-10-7-11-23(18-25)37(22)24-15-20-8-6-9-21(14-20)16-24/h4-5,12-13,20-25H,6-11,14-19H2,1-3H3,(H2,34,40)/t20?,21?,22-,23+,24?,25?. The van der Waals surface area contributed by atoms with Gasteiger partial charge in [0.05, 0.1) is 11.0 Å². The molecule has 2 aromatic rings. The normalized spacial score (nSPS) is 29.7. The molecule has 1 amide bonds. The van der Waals surface area contributed by atoms with E-state index in [4.69, 9.17) is 15.3 Å². The monoisotopic (exact) mass is 591 g/mol. The summed E-state index contributed by atoms with van der Waals surface area (Å²) in [5.41, 5.74) is 5.31. The summed E-state index contributed by atoms with van der Waals surface area (Å²) in [7, 11) is 0. The zero-order valence-corrected chi connectivity index (χ0v) is 25.7. The van der Waals surface area contributed by atoms with E-state index in [0.29, 0.717) is 23.6 Å². The van der Waals surface area contributed by atoms with Gasteiger partial charge in [0.15, 0.2) is 11.4 Å². The molecule has 10 nitrogen and oxygen atoms in total. The van der Waals surface area contributed by atoms with Gasteiger partial charge in [0.25, 0.3) is 11.5 Å². The predicted octanol–water partition coefficient (Wildman–Crippen LogP) is 4.47. The van der Waals surface area contributed by atoms with Gasteiger partial charge >= 0.3 is 5.97 Å². The third-order valence-corrected chi connectivity index (χ3v) is 9.91. The molecule has 6 rings (SSSR count). The first kappa shape index (κ1) is 29.8. The van der Waals surface area contributed by atoms with E-state index in [1.54, 1.807) is 20.8 Å². The number of esters is 1. The van der Waals surface area contributed by atoms with Crippen LogP contribution in [-0.4, -0.2) is 62.4 Å². The summed E-state index contributed by atoms with van der Waals surface area (Å²) < 4.78 is 7.06. The quantitative estimate of drug-likeness (QED) is 0.286. The molecule has 2 saturated heterocycles. The minimum atomic E-state index is -0.954. The fourth-order valence-corrected chi connectivity index (χ4v) is 8.53. The largest absolute Gasteiger partial charge is 0.457 e. The number of hydrogen-bond acceptors (Lipinski definition) is 8. The van der Waals surface area contributed by atoms with Gasteiger partial charge in [-0.05, 0) is 89.7 Å². The number of para-hydroxylation sites is 2. The molecule has 4 bridgehead atoms. The molecule has 1 aromatic heterocycles. The highest BCUT2D eigenvalue weighted by Crippen LogP contribution is 2.47. The first-order valence-electron chi connectivity index (χ1n) is 16.1. The molecule has 2 aliphatic carbocycles. The average Bonchev–Trinajstić information content (AvgIpc) is 2.93. The topological polar surface area (TPSA) is 129 Å². The third-order valence-electron chi connectivity index (χ3n) is 9.91. The second-order valence-corrected chi connectivity index (χ2v) is 14.1. The number of fused-ring (bicyclic) bond motifs is 5. The summed E-state index contributed by atoms with van der Waals surface area (Å²) in [6, 6.07) is 8.98. The van der Waals surface area contributed by atoms with E-state index in [9.17, 15) is 14.4 Å². The van der Waals surface area contributed by atoms with Gasteiger partial charge in [-0.3, -0.25) is 14.5 Å². The van der Waals surface area contributed by atoms with E-state index in [1.807, 2.05) is 28.8 Å². The number of ether oxygens (including phenoxy) is 1. The zero-order chi connectivity index (χ0) is 30.3. The second-order valence-electron chi connectivity index (χ2n) is 14.1. The molecular formula is C33H45N5O5. The summed E-state index contributed by atoms with van der Waals surface area (Å²) in [6.45, 7) is 4.69. The fraction of sp³-hybridized carbons (Fsp3) is 0.667. The van der Waals surface area contributed by atoms with Crippen LogP contribution >= 0.6 is 0 Å². The molecule has 5 atom stereocenters. The Bertz CT molecular complexity index is 1440. The molecule has 10 heteroatoms. The van der Waals surface area contributed by atoms with Crippen LogP contribution in [0.1, 0.15) is 103 Å². The van der Waals surface area contributed by atoms with Crippen molar-refractivity contribution in [2.24, 2.45) is 22.7 Å². The van der Waals surface area contributed by atoms with E-state index in [1.165, 1.54) is 44.9 Å². The molecule has 0 spiro atoms. The number of amides is 1. The summed E-state index contributed by atoms with van der Waals surface area (Å²) in [6.07, 6.45) is 13.5. The van der Waals surface area contributed by atoms with E-state index in [2.05, 4.69) is 15.0 Å². The minimum absolute atomic E-state index is 0.0365. The third kappa shape index (κ3) is 6.35. The molecule has 2 saturated carbocycles. The van der Waals surface area contributed by atoms with Gasteiger partial charge in [0.1, 0.15) is 5.60 Å². The number of benzene rings is 1. The lowest BCUT2D eigenvalue weighted by atomic mass is 9.68. The lowest BCUT2D eigenvalue weighted by molar-refractivity contribution is -0.160. The Morgan fingerprint density at radius 2 is 1.58 bits per heavy atom. The number of carbonyl (C=O) groups excluding carboxylic acids is 2. The van der Waals surface area contributed by atoms with Crippen LogP contribution in [0.4, 0.5) is 0 Å². The Labute approximate surface area is 253 Å². The van der Waals surface area contributed by atoms with E-state index in [0.717, 1.165) is 43.0 Å². The smallest absolute Gasteiger partial charge is 0.347 e. The maximum atomic E-state index is 14.2. The number of primary amides is 1. The molecule has 232 valence electrons. The van der Waals surface area contributed by atoms with Crippen LogP contribution in [0.3, 0.4) is 0 Å². The highest BCUT2D eigenvalue weighted by Gasteiger charge is 2.45. The number of rotatable bonds is 7. The fourth-order valence-electron chi connectivity index (χ4n) is 8.53. The van der Waals surface area contributed by atoms with Crippen molar-refractivity contribution < 1.29 is 19.2 Å². The molecular weight excluding hydrogens is 546 g/mol. The van der Waals surface area contributed by atoms with Crippen LogP contribution < -0.4 is 11.3 Å². The van der Waals surface area contributed by atoms with Crippen molar-refractivity contribution in [3.8, 4) is 0 Å². The molecule has 4 fully saturated rings. The van der Waals surface area contributed by atoms with Gasteiger partial charge in [-0.2, -0.15) is 0 Å². The van der Waals surface area contributed by atoms with Crippen molar-refractivity contribution in [3.63, 3.8) is 0 Å². The lowest BCUT2D eigenvalue weighted by Crippen LogP contribution is -2.58. The predicted molar refractivity (Wildman–Crippen MR) is 164 cm³/mol. The molecule has 1 aromatic carbocycles. The van der Waals surface area contributed by atoms with E-state index >= 15 is 0 Å². The molecule has 2 aliphatic heterocycles. The lowest BCUT2D eigenvalue weighted by Gasteiger charge is -2.55. The second kappa shape index (κ2) is 12.0.